The Hall–Kier alpha value is -3.10. The summed E-state index contributed by atoms with van der Waals surface area (Å²) in [6.45, 7) is 7.16. The number of anilines is 1. The lowest BCUT2D eigenvalue weighted by atomic mass is 10.0. The number of aromatic nitrogens is 2. The van der Waals surface area contributed by atoms with Crippen molar-refractivity contribution in [3.8, 4) is 23.5 Å². The summed E-state index contributed by atoms with van der Waals surface area (Å²) >= 11 is 0. The van der Waals surface area contributed by atoms with Crippen molar-refractivity contribution in [3.05, 3.63) is 65.0 Å². The molecule has 2 aromatic rings. The molecule has 0 spiro atoms. The van der Waals surface area contributed by atoms with E-state index >= 15 is 0 Å². The smallest absolute Gasteiger partial charge is 0.230 e. The van der Waals surface area contributed by atoms with Gasteiger partial charge >= 0.3 is 0 Å². The summed E-state index contributed by atoms with van der Waals surface area (Å²) in [5.41, 5.74) is 4.38. The summed E-state index contributed by atoms with van der Waals surface area (Å²) in [6, 6.07) is 7.78. The van der Waals surface area contributed by atoms with Gasteiger partial charge in [0.15, 0.2) is 0 Å². The first-order valence-corrected chi connectivity index (χ1v) is 9.45. The minimum absolute atomic E-state index is 0.502. The van der Waals surface area contributed by atoms with Gasteiger partial charge in [0.05, 0.1) is 6.61 Å². The van der Waals surface area contributed by atoms with Gasteiger partial charge in [-0.2, -0.15) is 4.98 Å². The van der Waals surface area contributed by atoms with Crippen molar-refractivity contribution in [2.45, 2.75) is 40.2 Å². The van der Waals surface area contributed by atoms with Crippen molar-refractivity contribution in [1.29, 1.82) is 0 Å². The molecular weight excluding hydrogens is 350 g/mol. The Labute approximate surface area is 166 Å². The molecule has 5 nitrogen and oxygen atoms in total. The number of hydrogen-bond donors (Lipinski definition) is 1. The normalized spacial score (nSPS) is 13.1. The quantitative estimate of drug-likeness (QED) is 0.678. The second-order valence-corrected chi connectivity index (χ2v) is 6.44. The van der Waals surface area contributed by atoms with E-state index in [-0.39, 0.29) is 0 Å². The standard InChI is InChI=1S/C23H25N3O2/c1-4-6-18-7-10-20(11-8-18)25-23-24-14-13-22(26-23)28-21-12-9-19(15-17(21)3)16-27-5-2/h7,9-10,12-15H,5,8,11,16H2,1-3H3,(H,24,25,26). The number of ether oxygens (including phenoxy) is 2. The number of rotatable bonds is 7. The second-order valence-electron chi connectivity index (χ2n) is 6.44. The summed E-state index contributed by atoms with van der Waals surface area (Å²) < 4.78 is 11.4. The van der Waals surface area contributed by atoms with Crippen LogP contribution in [0.2, 0.25) is 0 Å². The van der Waals surface area contributed by atoms with Gasteiger partial charge < -0.3 is 14.8 Å². The Morgan fingerprint density at radius 2 is 2.07 bits per heavy atom. The third-order valence-corrected chi connectivity index (χ3v) is 4.26. The molecule has 5 heteroatoms. The molecule has 0 fully saturated rings. The highest BCUT2D eigenvalue weighted by atomic mass is 16.5. The van der Waals surface area contributed by atoms with Crippen molar-refractivity contribution < 1.29 is 9.47 Å². The lowest BCUT2D eigenvalue weighted by molar-refractivity contribution is 0.134. The van der Waals surface area contributed by atoms with E-state index in [4.69, 9.17) is 9.47 Å². The van der Waals surface area contributed by atoms with Crippen molar-refractivity contribution in [2.75, 3.05) is 11.9 Å². The number of allylic oxidation sites excluding steroid dienone is 4. The Morgan fingerprint density at radius 3 is 2.79 bits per heavy atom. The van der Waals surface area contributed by atoms with Crippen LogP contribution in [0.3, 0.4) is 0 Å². The molecule has 0 bridgehead atoms. The van der Waals surface area contributed by atoms with Crippen molar-refractivity contribution in [1.82, 2.24) is 9.97 Å². The van der Waals surface area contributed by atoms with Crippen LogP contribution in [-0.2, 0) is 11.3 Å². The molecule has 0 radical (unpaired) electrons. The van der Waals surface area contributed by atoms with Crippen LogP contribution in [0.25, 0.3) is 0 Å². The predicted octanol–water partition coefficient (Wildman–Crippen LogP) is 5.15. The predicted molar refractivity (Wildman–Crippen MR) is 111 cm³/mol. The topological polar surface area (TPSA) is 56.3 Å². The summed E-state index contributed by atoms with van der Waals surface area (Å²) in [5, 5.41) is 3.27. The van der Waals surface area contributed by atoms with Crippen LogP contribution in [-0.4, -0.2) is 16.6 Å². The minimum atomic E-state index is 0.502. The fraction of sp³-hybridized carbons (Fsp3) is 0.304. The maximum absolute atomic E-state index is 5.97. The lowest BCUT2D eigenvalue weighted by Gasteiger charge is -2.14. The van der Waals surface area contributed by atoms with E-state index in [1.807, 2.05) is 45.1 Å². The molecule has 1 aliphatic carbocycles. The van der Waals surface area contributed by atoms with E-state index in [2.05, 4.69) is 33.2 Å². The van der Waals surface area contributed by atoms with E-state index in [0.717, 1.165) is 41.0 Å². The molecule has 0 saturated carbocycles. The van der Waals surface area contributed by atoms with E-state index < -0.39 is 0 Å². The third-order valence-electron chi connectivity index (χ3n) is 4.26. The first-order valence-electron chi connectivity index (χ1n) is 9.45. The van der Waals surface area contributed by atoms with Gasteiger partial charge in [0.25, 0.3) is 0 Å². The van der Waals surface area contributed by atoms with Crippen molar-refractivity contribution in [2.24, 2.45) is 0 Å². The Balaban J connectivity index is 1.67. The maximum atomic E-state index is 5.97. The molecule has 0 unspecified atom stereocenters. The molecule has 0 aliphatic heterocycles. The van der Waals surface area contributed by atoms with Gasteiger partial charge in [0, 0.05) is 30.1 Å². The molecule has 1 N–H and O–H groups in total. The number of nitrogens with one attached hydrogen (secondary N) is 1. The molecule has 1 heterocycles. The molecule has 3 rings (SSSR count). The summed E-state index contributed by atoms with van der Waals surface area (Å²) in [4.78, 5) is 8.76. The first kappa shape index (κ1) is 19.7. The summed E-state index contributed by atoms with van der Waals surface area (Å²) in [6.07, 6.45) is 7.56. The van der Waals surface area contributed by atoms with Crippen LogP contribution in [0.1, 0.15) is 37.8 Å². The van der Waals surface area contributed by atoms with Crippen LogP contribution < -0.4 is 10.1 Å². The highest BCUT2D eigenvalue weighted by Gasteiger charge is 2.09. The zero-order valence-corrected chi connectivity index (χ0v) is 16.6. The first-order chi connectivity index (χ1) is 13.7. The highest BCUT2D eigenvalue weighted by Crippen LogP contribution is 2.26. The minimum Gasteiger partial charge on any atom is -0.439 e. The Kier molecular flexibility index (Phi) is 6.83. The van der Waals surface area contributed by atoms with Crippen molar-refractivity contribution >= 4 is 5.95 Å². The summed E-state index contributed by atoms with van der Waals surface area (Å²) in [7, 11) is 0. The Morgan fingerprint density at radius 1 is 1.18 bits per heavy atom. The number of aryl methyl sites for hydroxylation is 1. The zero-order valence-electron chi connectivity index (χ0n) is 16.6. The van der Waals surface area contributed by atoms with E-state index in [1.165, 1.54) is 0 Å². The Bertz CT molecular complexity index is 952. The highest BCUT2D eigenvalue weighted by molar-refractivity contribution is 5.44. The van der Waals surface area contributed by atoms with Crippen LogP contribution in [0, 0.1) is 18.8 Å². The van der Waals surface area contributed by atoms with Crippen LogP contribution in [0.4, 0.5) is 5.95 Å². The summed E-state index contributed by atoms with van der Waals surface area (Å²) in [5.74, 6) is 7.83. The average molecular weight is 375 g/mol. The fourth-order valence-corrected chi connectivity index (χ4v) is 2.86. The van der Waals surface area contributed by atoms with Crippen molar-refractivity contribution in [3.63, 3.8) is 0 Å². The van der Waals surface area contributed by atoms with Crippen LogP contribution in [0.5, 0.6) is 11.6 Å². The molecule has 144 valence electrons. The number of nitrogens with zero attached hydrogens (tertiary/aromatic N) is 2. The van der Waals surface area contributed by atoms with Gasteiger partial charge in [-0.05, 0) is 63.0 Å². The van der Waals surface area contributed by atoms with Gasteiger partial charge in [-0.25, -0.2) is 4.98 Å². The molecule has 1 aliphatic rings. The van der Waals surface area contributed by atoms with E-state index in [1.54, 1.807) is 12.3 Å². The van der Waals surface area contributed by atoms with Crippen LogP contribution >= 0.6 is 0 Å². The van der Waals surface area contributed by atoms with Gasteiger partial charge in [0.1, 0.15) is 5.75 Å². The molecule has 1 aromatic carbocycles. The molecular formula is C23H25N3O2. The van der Waals surface area contributed by atoms with Gasteiger partial charge in [-0.3, -0.25) is 0 Å². The molecule has 1 aromatic heterocycles. The fourth-order valence-electron chi connectivity index (χ4n) is 2.86. The lowest BCUT2D eigenvalue weighted by Crippen LogP contribution is -2.06. The average Bonchev–Trinajstić information content (AvgIpc) is 2.70. The van der Waals surface area contributed by atoms with E-state index in [9.17, 15) is 0 Å². The van der Waals surface area contributed by atoms with Crippen LogP contribution in [0.15, 0.2) is 53.9 Å². The maximum Gasteiger partial charge on any atom is 0.230 e. The molecule has 0 atom stereocenters. The molecule has 0 amide bonds. The number of benzene rings is 1. The SMILES string of the molecule is CC#CC1=CC=C(Nc2nccc(Oc3ccc(COCC)cc3C)n2)CC1. The zero-order chi connectivity index (χ0) is 19.8. The second kappa shape index (κ2) is 9.72. The largest absolute Gasteiger partial charge is 0.439 e. The van der Waals surface area contributed by atoms with Gasteiger partial charge in [-0.1, -0.05) is 18.1 Å². The van der Waals surface area contributed by atoms with Gasteiger partial charge in [0.2, 0.25) is 11.8 Å². The monoisotopic (exact) mass is 375 g/mol. The third kappa shape index (κ3) is 5.45. The van der Waals surface area contributed by atoms with E-state index in [0.29, 0.717) is 25.0 Å². The van der Waals surface area contributed by atoms with Gasteiger partial charge in [-0.15, -0.1) is 5.92 Å². The molecule has 28 heavy (non-hydrogen) atoms. The molecule has 0 saturated heterocycles. The number of hydrogen-bond acceptors (Lipinski definition) is 5.